The second kappa shape index (κ2) is 14.6. The zero-order chi connectivity index (χ0) is 39.0. The van der Waals surface area contributed by atoms with Gasteiger partial charge < -0.3 is 14.9 Å². The largest absolute Gasteiger partial charge is 0.383 e. The summed E-state index contributed by atoms with van der Waals surface area (Å²) in [5.74, 6) is 0.885. The van der Waals surface area contributed by atoms with E-state index in [0.717, 1.165) is 50.2 Å². The molecule has 0 aliphatic heterocycles. The van der Waals surface area contributed by atoms with Crippen LogP contribution in [-0.4, -0.2) is 20.8 Å². The molecule has 8 aromatic carbocycles. The van der Waals surface area contributed by atoms with E-state index in [0.29, 0.717) is 23.8 Å². The molecule has 0 aliphatic carbocycles. The minimum absolute atomic E-state index is 0.361. The molecule has 0 amide bonds. The summed E-state index contributed by atoms with van der Waals surface area (Å²) < 4.78 is 4.67. The van der Waals surface area contributed by atoms with Crippen molar-refractivity contribution in [2.45, 2.75) is 6.54 Å². The van der Waals surface area contributed by atoms with Crippen molar-refractivity contribution in [2.75, 3.05) is 0 Å². The molecule has 0 saturated carbocycles. The van der Waals surface area contributed by atoms with Gasteiger partial charge in [-0.3, -0.25) is 4.99 Å². The topological polar surface area (TPSA) is 84.4 Å². The Hall–Kier alpha value is -8.01. The second-order valence-corrected chi connectivity index (χ2v) is 14.4. The average molecular weight is 745 g/mol. The number of amidine groups is 2. The van der Waals surface area contributed by atoms with Gasteiger partial charge in [0.25, 0.3) is 0 Å². The van der Waals surface area contributed by atoms with Crippen molar-refractivity contribution in [2.24, 2.45) is 15.7 Å². The van der Waals surface area contributed by atoms with Crippen molar-refractivity contribution in [3.8, 4) is 28.6 Å². The molecule has 10 aromatic rings. The number of nitriles is 1. The summed E-state index contributed by atoms with van der Waals surface area (Å²) in [6.45, 7) is 0.363. The van der Waals surface area contributed by atoms with Gasteiger partial charge in [0.1, 0.15) is 5.84 Å². The zero-order valence-corrected chi connectivity index (χ0v) is 31.5. The lowest BCUT2D eigenvalue weighted by molar-refractivity contribution is 1.06. The number of aromatic nitrogens is 2. The maximum Gasteiger partial charge on any atom is 0.157 e. The number of fused-ring (bicyclic) bond motifs is 6. The summed E-state index contributed by atoms with van der Waals surface area (Å²) in [7, 11) is 0. The van der Waals surface area contributed by atoms with Crippen molar-refractivity contribution in [1.82, 2.24) is 9.13 Å². The Labute approximate surface area is 335 Å². The lowest BCUT2D eigenvalue weighted by Crippen LogP contribution is -2.17. The van der Waals surface area contributed by atoms with Gasteiger partial charge in [-0.1, -0.05) is 127 Å². The molecule has 6 heteroatoms. The number of hydrogen-bond donors (Lipinski definition) is 1. The van der Waals surface area contributed by atoms with Crippen molar-refractivity contribution in [3.63, 3.8) is 0 Å². The Kier molecular flexibility index (Phi) is 8.66. The fourth-order valence-corrected chi connectivity index (χ4v) is 8.10. The Balaban J connectivity index is 1.07. The molecule has 2 heterocycles. The first-order chi connectivity index (χ1) is 28.6. The van der Waals surface area contributed by atoms with E-state index >= 15 is 0 Å². The van der Waals surface area contributed by atoms with Gasteiger partial charge in [0.2, 0.25) is 0 Å². The van der Waals surface area contributed by atoms with E-state index in [2.05, 4.69) is 143 Å². The first kappa shape index (κ1) is 34.5. The Morgan fingerprint density at radius 3 is 1.84 bits per heavy atom. The van der Waals surface area contributed by atoms with E-state index in [1.165, 1.54) is 32.6 Å². The minimum atomic E-state index is 0.361. The predicted octanol–water partition coefficient (Wildman–Crippen LogP) is 11.8. The number of benzene rings is 8. The third-order valence-electron chi connectivity index (χ3n) is 10.8. The minimum Gasteiger partial charge on any atom is -0.383 e. The molecule has 0 aliphatic rings. The number of aliphatic imine (C=N–C) groups is 2. The van der Waals surface area contributed by atoms with E-state index in [1.807, 2.05) is 60.7 Å². The third-order valence-corrected chi connectivity index (χ3v) is 10.8. The number of rotatable bonds is 7. The molecule has 0 spiro atoms. The lowest BCUT2D eigenvalue weighted by Gasteiger charge is -2.12. The molecule has 2 N–H and O–H groups in total. The summed E-state index contributed by atoms with van der Waals surface area (Å²) in [4.78, 5) is 9.79. The Morgan fingerprint density at radius 1 is 0.483 bits per heavy atom. The summed E-state index contributed by atoms with van der Waals surface area (Å²) in [6.07, 6.45) is 0. The van der Waals surface area contributed by atoms with E-state index in [4.69, 9.17) is 15.7 Å². The first-order valence-electron chi connectivity index (χ1n) is 19.3. The highest BCUT2D eigenvalue weighted by Crippen LogP contribution is 2.38. The van der Waals surface area contributed by atoms with E-state index in [-0.39, 0.29) is 0 Å². The number of nitrogens with zero attached hydrogens (tertiary/aromatic N) is 5. The summed E-state index contributed by atoms with van der Waals surface area (Å²) in [6, 6.07) is 69.1. The van der Waals surface area contributed by atoms with E-state index in [9.17, 15) is 5.26 Å². The van der Waals surface area contributed by atoms with Crippen LogP contribution in [0, 0.1) is 11.3 Å². The molecule has 0 fully saturated rings. The molecule has 0 radical (unpaired) electrons. The Bertz CT molecular complexity index is 3270. The van der Waals surface area contributed by atoms with Crippen LogP contribution in [0.3, 0.4) is 0 Å². The molecular weight excluding hydrogens is 709 g/mol. The molecule has 6 nitrogen and oxygen atoms in total. The van der Waals surface area contributed by atoms with Gasteiger partial charge in [-0.2, -0.15) is 5.26 Å². The SMILES string of the molecule is N#Cc1cccc(CN=C(N=C(N)c2cccc(-n3c4ccccc4c4ccc(-c5ccc6c(c5)c5ccccc5n6-c5ccccc5)cc43)c2)c2ccccc2)c1. The Morgan fingerprint density at radius 2 is 1.07 bits per heavy atom. The zero-order valence-electron chi connectivity index (χ0n) is 31.5. The van der Waals surface area contributed by atoms with Gasteiger partial charge in [-0.05, 0) is 83.4 Å². The van der Waals surface area contributed by atoms with Crippen LogP contribution in [-0.2, 0) is 6.54 Å². The molecule has 0 bridgehead atoms. The van der Waals surface area contributed by atoms with Crippen LogP contribution in [0.25, 0.3) is 66.1 Å². The second-order valence-electron chi connectivity index (χ2n) is 14.4. The fourth-order valence-electron chi connectivity index (χ4n) is 8.10. The number of nitrogens with two attached hydrogens (primary N) is 1. The molecule has 0 unspecified atom stereocenters. The molecule has 0 atom stereocenters. The quantitative estimate of drug-likeness (QED) is 0.130. The van der Waals surface area contributed by atoms with Gasteiger partial charge in [0, 0.05) is 44.0 Å². The van der Waals surface area contributed by atoms with E-state index < -0.39 is 0 Å². The fraction of sp³-hybridized carbons (Fsp3) is 0.0192. The van der Waals surface area contributed by atoms with Crippen LogP contribution in [0.2, 0.25) is 0 Å². The predicted molar refractivity (Wildman–Crippen MR) is 239 cm³/mol. The number of para-hydroxylation sites is 3. The van der Waals surface area contributed by atoms with Gasteiger partial charge in [-0.15, -0.1) is 0 Å². The molecular formula is C52H36N6. The number of hydrogen-bond acceptors (Lipinski definition) is 2. The maximum atomic E-state index is 9.41. The van der Waals surface area contributed by atoms with Gasteiger partial charge in [0.05, 0.1) is 40.2 Å². The highest BCUT2D eigenvalue weighted by atomic mass is 15.0. The average Bonchev–Trinajstić information content (AvgIpc) is 3.80. The standard InChI is InChI=1S/C52H36N6/c53-33-35-13-11-14-36(29-35)34-55-52(37-15-3-1-4-16-37)56-51(54)40-17-12-20-42(30-40)58-47-23-9-7-21-43(47)45-27-25-39(32-50(45)58)38-26-28-49-46(31-38)44-22-8-10-24-48(44)57(49)41-18-5-2-6-19-41/h1-32H,34H2,(H2,54,55,56). The monoisotopic (exact) mass is 744 g/mol. The van der Waals surface area contributed by atoms with Gasteiger partial charge in [0.15, 0.2) is 5.84 Å². The maximum absolute atomic E-state index is 9.41. The van der Waals surface area contributed by atoms with Crippen LogP contribution in [0.1, 0.15) is 22.3 Å². The summed E-state index contributed by atoms with van der Waals surface area (Å²) in [5, 5.41) is 14.2. The third kappa shape index (κ3) is 6.18. The van der Waals surface area contributed by atoms with Crippen LogP contribution < -0.4 is 5.73 Å². The molecule has 58 heavy (non-hydrogen) atoms. The summed E-state index contributed by atoms with van der Waals surface area (Å²) in [5.41, 5.74) is 19.0. The van der Waals surface area contributed by atoms with Crippen LogP contribution >= 0.6 is 0 Å². The molecule has 0 saturated heterocycles. The molecule has 10 rings (SSSR count). The molecule has 2 aromatic heterocycles. The van der Waals surface area contributed by atoms with Gasteiger partial charge in [-0.25, -0.2) is 4.99 Å². The van der Waals surface area contributed by atoms with Crippen molar-refractivity contribution >= 4 is 55.3 Å². The lowest BCUT2D eigenvalue weighted by atomic mass is 10.0. The smallest absolute Gasteiger partial charge is 0.157 e. The van der Waals surface area contributed by atoms with Crippen molar-refractivity contribution in [1.29, 1.82) is 5.26 Å². The van der Waals surface area contributed by atoms with Crippen LogP contribution in [0.5, 0.6) is 0 Å². The van der Waals surface area contributed by atoms with E-state index in [1.54, 1.807) is 6.07 Å². The van der Waals surface area contributed by atoms with Crippen LogP contribution in [0.4, 0.5) is 0 Å². The normalized spacial score (nSPS) is 12.1. The van der Waals surface area contributed by atoms with Gasteiger partial charge >= 0.3 is 0 Å². The first-order valence-corrected chi connectivity index (χ1v) is 19.3. The summed E-state index contributed by atoms with van der Waals surface area (Å²) >= 11 is 0. The van der Waals surface area contributed by atoms with Crippen molar-refractivity contribution in [3.05, 3.63) is 216 Å². The molecule has 274 valence electrons. The van der Waals surface area contributed by atoms with Crippen LogP contribution in [0.15, 0.2) is 204 Å². The highest BCUT2D eigenvalue weighted by Gasteiger charge is 2.17. The highest BCUT2D eigenvalue weighted by molar-refractivity contribution is 6.13. The van der Waals surface area contributed by atoms with Crippen molar-refractivity contribution < 1.29 is 0 Å².